The van der Waals surface area contributed by atoms with E-state index in [0.717, 1.165) is 47.8 Å². The van der Waals surface area contributed by atoms with Crippen LogP contribution in [0.4, 0.5) is 0 Å². The number of nitrogens with zero attached hydrogens (tertiary/aromatic N) is 2. The number of benzene rings is 1. The van der Waals surface area contributed by atoms with Crippen LogP contribution in [0.2, 0.25) is 0 Å². The van der Waals surface area contributed by atoms with E-state index in [9.17, 15) is 10.1 Å². The third-order valence-corrected chi connectivity index (χ3v) is 5.26. The van der Waals surface area contributed by atoms with Gasteiger partial charge in [0.2, 0.25) is 6.79 Å². The smallest absolute Gasteiger partial charge is 0.262 e. The molecule has 1 saturated heterocycles. The molecule has 29 heavy (non-hydrogen) atoms. The Labute approximate surface area is 169 Å². The standard InChI is InChI=1S/C22H23N3O4/c1-14-8-16(9-17(11-23)22(26)24-12-19-4-3-7-27-19)15(2)25(14)18-5-6-20-21(10-18)29-13-28-20/h5-6,8-10,19H,3-4,7,12-13H2,1-2H3,(H,24,26)/b17-9+. The number of carbonyl (C=O) groups is 1. The van der Waals surface area contributed by atoms with Crippen LogP contribution in [0, 0.1) is 25.2 Å². The molecule has 2 aromatic rings. The Bertz CT molecular complexity index is 1010. The van der Waals surface area contributed by atoms with E-state index in [1.54, 1.807) is 6.08 Å². The van der Waals surface area contributed by atoms with E-state index in [1.807, 2.05) is 44.2 Å². The first-order valence-corrected chi connectivity index (χ1v) is 9.67. The Kier molecular flexibility index (Phi) is 5.28. The van der Waals surface area contributed by atoms with Gasteiger partial charge in [-0.15, -0.1) is 0 Å². The molecule has 0 saturated carbocycles. The summed E-state index contributed by atoms with van der Waals surface area (Å²) in [5, 5.41) is 12.3. The molecule has 1 aromatic heterocycles. The highest BCUT2D eigenvalue weighted by molar-refractivity contribution is 6.01. The summed E-state index contributed by atoms with van der Waals surface area (Å²) in [6.07, 6.45) is 3.61. The molecule has 0 bridgehead atoms. The van der Waals surface area contributed by atoms with Crippen LogP contribution in [-0.2, 0) is 9.53 Å². The van der Waals surface area contributed by atoms with Crippen LogP contribution in [0.5, 0.6) is 11.5 Å². The van der Waals surface area contributed by atoms with Gasteiger partial charge in [0.05, 0.1) is 6.10 Å². The van der Waals surface area contributed by atoms with Crippen LogP contribution in [0.3, 0.4) is 0 Å². The van der Waals surface area contributed by atoms with Gasteiger partial charge in [-0.2, -0.15) is 5.26 Å². The number of ether oxygens (including phenoxy) is 3. The molecule has 2 aliphatic heterocycles. The van der Waals surface area contributed by atoms with Crippen molar-refractivity contribution in [2.75, 3.05) is 19.9 Å². The number of aryl methyl sites for hydroxylation is 1. The maximum Gasteiger partial charge on any atom is 0.262 e. The predicted octanol–water partition coefficient (Wildman–Crippen LogP) is 3.03. The molecule has 7 heteroatoms. The zero-order valence-corrected chi connectivity index (χ0v) is 16.5. The van der Waals surface area contributed by atoms with Crippen LogP contribution < -0.4 is 14.8 Å². The normalized spacial score (nSPS) is 18.0. The van der Waals surface area contributed by atoms with Gasteiger partial charge in [-0.3, -0.25) is 4.79 Å². The van der Waals surface area contributed by atoms with Crippen LogP contribution in [-0.4, -0.2) is 36.5 Å². The van der Waals surface area contributed by atoms with Gasteiger partial charge >= 0.3 is 0 Å². The van der Waals surface area contributed by atoms with Gasteiger partial charge in [0.1, 0.15) is 11.6 Å². The Morgan fingerprint density at radius 1 is 1.31 bits per heavy atom. The third kappa shape index (κ3) is 3.84. The van der Waals surface area contributed by atoms with Crippen molar-refractivity contribution in [2.45, 2.75) is 32.8 Å². The number of nitriles is 1. The van der Waals surface area contributed by atoms with Crippen molar-refractivity contribution in [2.24, 2.45) is 0 Å². The Hall–Kier alpha value is -3.24. The number of carbonyl (C=O) groups excluding carboxylic acids is 1. The number of aromatic nitrogens is 1. The lowest BCUT2D eigenvalue weighted by molar-refractivity contribution is -0.117. The molecular formula is C22H23N3O4. The highest BCUT2D eigenvalue weighted by Gasteiger charge is 2.19. The lowest BCUT2D eigenvalue weighted by Gasteiger charge is -2.11. The maximum atomic E-state index is 12.4. The molecule has 3 heterocycles. The van der Waals surface area contributed by atoms with Gasteiger partial charge < -0.3 is 24.1 Å². The van der Waals surface area contributed by atoms with E-state index >= 15 is 0 Å². The molecule has 7 nitrogen and oxygen atoms in total. The van der Waals surface area contributed by atoms with Gasteiger partial charge in [-0.05, 0) is 56.5 Å². The number of nitrogens with one attached hydrogen (secondary N) is 1. The lowest BCUT2D eigenvalue weighted by atomic mass is 10.1. The minimum absolute atomic E-state index is 0.0370. The molecule has 2 aliphatic rings. The van der Waals surface area contributed by atoms with Crippen molar-refractivity contribution in [3.8, 4) is 23.3 Å². The van der Waals surface area contributed by atoms with Crippen molar-refractivity contribution in [1.82, 2.24) is 9.88 Å². The summed E-state index contributed by atoms with van der Waals surface area (Å²) < 4.78 is 18.4. The van der Waals surface area contributed by atoms with E-state index in [2.05, 4.69) is 9.88 Å². The fourth-order valence-corrected chi connectivity index (χ4v) is 3.77. The van der Waals surface area contributed by atoms with Crippen LogP contribution in [0.25, 0.3) is 11.8 Å². The van der Waals surface area contributed by atoms with E-state index in [0.29, 0.717) is 12.3 Å². The first kappa shape index (κ1) is 19.1. The van der Waals surface area contributed by atoms with Crippen molar-refractivity contribution in [3.05, 3.63) is 46.8 Å². The number of amides is 1. The summed E-state index contributed by atoms with van der Waals surface area (Å²) in [6, 6.07) is 9.75. The molecule has 4 rings (SSSR count). The summed E-state index contributed by atoms with van der Waals surface area (Å²) in [6.45, 7) is 5.32. The van der Waals surface area contributed by atoms with Crippen LogP contribution >= 0.6 is 0 Å². The topological polar surface area (TPSA) is 85.5 Å². The second kappa shape index (κ2) is 8.02. The predicted molar refractivity (Wildman–Crippen MR) is 107 cm³/mol. The summed E-state index contributed by atoms with van der Waals surface area (Å²) in [5.74, 6) is 1.06. The molecular weight excluding hydrogens is 370 g/mol. The largest absolute Gasteiger partial charge is 0.454 e. The zero-order chi connectivity index (χ0) is 20.4. The van der Waals surface area contributed by atoms with Gasteiger partial charge in [0.15, 0.2) is 11.5 Å². The van der Waals surface area contributed by atoms with Gasteiger partial charge in [0, 0.05) is 36.3 Å². The first-order valence-electron chi connectivity index (χ1n) is 9.67. The first-order chi connectivity index (χ1) is 14.1. The molecule has 1 aromatic carbocycles. The highest BCUT2D eigenvalue weighted by atomic mass is 16.7. The van der Waals surface area contributed by atoms with Crippen molar-refractivity contribution < 1.29 is 19.0 Å². The average molecular weight is 393 g/mol. The second-order valence-electron chi connectivity index (χ2n) is 7.21. The number of hydrogen-bond acceptors (Lipinski definition) is 5. The molecule has 0 spiro atoms. The molecule has 150 valence electrons. The van der Waals surface area contributed by atoms with Crippen molar-refractivity contribution >= 4 is 12.0 Å². The summed E-state index contributed by atoms with van der Waals surface area (Å²) in [7, 11) is 0. The number of hydrogen-bond donors (Lipinski definition) is 1. The molecule has 1 N–H and O–H groups in total. The Balaban J connectivity index is 1.57. The lowest BCUT2D eigenvalue weighted by Crippen LogP contribution is -2.32. The minimum atomic E-state index is -0.379. The zero-order valence-electron chi connectivity index (χ0n) is 16.5. The molecule has 1 atom stereocenters. The summed E-state index contributed by atoms with van der Waals surface area (Å²) in [4.78, 5) is 12.4. The van der Waals surface area contributed by atoms with Gasteiger partial charge in [-0.1, -0.05) is 0 Å². The van der Waals surface area contributed by atoms with Gasteiger partial charge in [-0.25, -0.2) is 0 Å². The fraction of sp³-hybridized carbons (Fsp3) is 0.364. The summed E-state index contributed by atoms with van der Waals surface area (Å²) >= 11 is 0. The molecule has 1 fully saturated rings. The van der Waals surface area contributed by atoms with Crippen molar-refractivity contribution in [3.63, 3.8) is 0 Å². The second-order valence-corrected chi connectivity index (χ2v) is 7.21. The molecule has 1 amide bonds. The summed E-state index contributed by atoms with van der Waals surface area (Å²) in [5.41, 5.74) is 3.76. The van der Waals surface area contributed by atoms with E-state index < -0.39 is 0 Å². The molecule has 0 radical (unpaired) electrons. The molecule has 0 aliphatic carbocycles. The quantitative estimate of drug-likeness (QED) is 0.623. The highest BCUT2D eigenvalue weighted by Crippen LogP contribution is 2.35. The van der Waals surface area contributed by atoms with Gasteiger partial charge in [0.25, 0.3) is 5.91 Å². The average Bonchev–Trinajstić information content (AvgIpc) is 3.45. The van der Waals surface area contributed by atoms with Crippen LogP contribution in [0.1, 0.15) is 29.8 Å². The van der Waals surface area contributed by atoms with E-state index in [1.165, 1.54) is 0 Å². The maximum absolute atomic E-state index is 12.4. The fourth-order valence-electron chi connectivity index (χ4n) is 3.77. The van der Waals surface area contributed by atoms with E-state index in [4.69, 9.17) is 14.2 Å². The van der Waals surface area contributed by atoms with E-state index in [-0.39, 0.29) is 24.4 Å². The minimum Gasteiger partial charge on any atom is -0.454 e. The number of fused-ring (bicyclic) bond motifs is 1. The third-order valence-electron chi connectivity index (χ3n) is 5.26. The SMILES string of the molecule is Cc1cc(/C=C(\C#N)C(=O)NCC2CCCO2)c(C)n1-c1ccc2c(c1)OCO2. The number of rotatable bonds is 5. The van der Waals surface area contributed by atoms with Crippen molar-refractivity contribution in [1.29, 1.82) is 5.26 Å². The Morgan fingerprint density at radius 3 is 2.90 bits per heavy atom. The van der Waals surface area contributed by atoms with Crippen LogP contribution in [0.15, 0.2) is 29.8 Å². The monoisotopic (exact) mass is 393 g/mol. The molecule has 1 unspecified atom stereocenters. The Morgan fingerprint density at radius 2 is 2.14 bits per heavy atom.